The number of amides is 2. The predicted molar refractivity (Wildman–Crippen MR) is 129 cm³/mol. The molecule has 3 rings (SSSR count). The highest BCUT2D eigenvalue weighted by Gasteiger charge is 2.30. The van der Waals surface area contributed by atoms with Crippen molar-refractivity contribution >= 4 is 11.8 Å². The first-order valence-corrected chi connectivity index (χ1v) is 11.6. The molecular weight excluding hydrogens is 474 g/mol. The van der Waals surface area contributed by atoms with Crippen LogP contribution in [0.2, 0.25) is 0 Å². The van der Waals surface area contributed by atoms with Gasteiger partial charge in [0.25, 0.3) is 11.8 Å². The largest absolute Gasteiger partial charge is 0.493 e. The fraction of sp³-hybridized carbons (Fsp3) is 0.462. The third kappa shape index (κ3) is 6.23. The van der Waals surface area contributed by atoms with Crippen molar-refractivity contribution in [2.24, 2.45) is 5.92 Å². The molecule has 1 heterocycles. The Hall–Kier alpha value is -3.40. The van der Waals surface area contributed by atoms with E-state index < -0.39 is 23.6 Å². The molecule has 8 nitrogen and oxygen atoms in total. The molecule has 0 bridgehead atoms. The van der Waals surface area contributed by atoms with Crippen LogP contribution in [0.5, 0.6) is 17.2 Å². The Labute approximate surface area is 209 Å². The van der Waals surface area contributed by atoms with Crippen LogP contribution in [0.25, 0.3) is 0 Å². The van der Waals surface area contributed by atoms with Crippen molar-refractivity contribution in [1.29, 1.82) is 0 Å². The molecule has 0 radical (unpaired) electrons. The van der Waals surface area contributed by atoms with Gasteiger partial charge in [0.2, 0.25) is 5.75 Å². The summed E-state index contributed by atoms with van der Waals surface area (Å²) in [7, 11) is 4.43. The zero-order valence-corrected chi connectivity index (χ0v) is 21.2. The predicted octanol–water partition coefficient (Wildman–Crippen LogP) is 3.63. The maximum absolute atomic E-state index is 14.2. The normalized spacial score (nSPS) is 15.6. The zero-order valence-electron chi connectivity index (χ0n) is 21.2. The number of nitrogens with zero attached hydrogens (tertiary/aromatic N) is 2. The fourth-order valence-corrected chi connectivity index (χ4v) is 4.16. The number of morpholine rings is 1. The van der Waals surface area contributed by atoms with Crippen LogP contribution in [-0.4, -0.2) is 81.8 Å². The molecule has 2 aromatic carbocycles. The van der Waals surface area contributed by atoms with Crippen molar-refractivity contribution in [3.05, 3.63) is 53.1 Å². The minimum atomic E-state index is -0.915. The zero-order chi connectivity index (χ0) is 26.4. The number of carbonyl (C=O) groups excluding carboxylic acids is 2. The van der Waals surface area contributed by atoms with Crippen molar-refractivity contribution in [2.75, 3.05) is 54.1 Å². The number of benzene rings is 2. The summed E-state index contributed by atoms with van der Waals surface area (Å²) in [5, 5.41) is 0. The fourth-order valence-electron chi connectivity index (χ4n) is 4.16. The Morgan fingerprint density at radius 1 is 1.08 bits per heavy atom. The van der Waals surface area contributed by atoms with E-state index in [1.807, 2.05) is 13.8 Å². The van der Waals surface area contributed by atoms with E-state index in [2.05, 4.69) is 0 Å². The molecule has 1 atom stereocenters. The summed E-state index contributed by atoms with van der Waals surface area (Å²) in [6.45, 7) is 5.28. The molecule has 1 saturated heterocycles. The van der Waals surface area contributed by atoms with Crippen LogP contribution in [0.1, 0.15) is 34.6 Å². The lowest BCUT2D eigenvalue weighted by Gasteiger charge is -2.36. The maximum Gasteiger partial charge on any atom is 0.257 e. The molecule has 0 aromatic heterocycles. The lowest BCUT2D eigenvalue weighted by atomic mass is 10.1. The van der Waals surface area contributed by atoms with E-state index in [9.17, 15) is 18.4 Å². The first-order chi connectivity index (χ1) is 17.2. The molecule has 10 heteroatoms. The van der Waals surface area contributed by atoms with Crippen LogP contribution in [0.4, 0.5) is 8.78 Å². The highest BCUT2D eigenvalue weighted by Crippen LogP contribution is 2.38. The molecule has 1 aliphatic rings. The number of hydrogen-bond acceptors (Lipinski definition) is 6. The lowest BCUT2D eigenvalue weighted by molar-refractivity contribution is -0.0341. The van der Waals surface area contributed by atoms with E-state index in [4.69, 9.17) is 18.9 Å². The van der Waals surface area contributed by atoms with Crippen molar-refractivity contribution in [1.82, 2.24) is 9.80 Å². The van der Waals surface area contributed by atoms with E-state index in [1.165, 1.54) is 26.2 Å². The van der Waals surface area contributed by atoms with Crippen LogP contribution in [0.3, 0.4) is 0 Å². The van der Waals surface area contributed by atoms with Gasteiger partial charge < -0.3 is 28.7 Å². The van der Waals surface area contributed by atoms with Gasteiger partial charge in [-0.05, 0) is 30.2 Å². The number of ether oxygens (including phenoxy) is 4. The van der Waals surface area contributed by atoms with Crippen LogP contribution >= 0.6 is 0 Å². The summed E-state index contributed by atoms with van der Waals surface area (Å²) in [5.74, 6) is -1.23. The minimum Gasteiger partial charge on any atom is -0.493 e. The number of rotatable bonds is 9. The molecule has 0 aliphatic carbocycles. The number of carbonyl (C=O) groups is 2. The topological polar surface area (TPSA) is 77.5 Å². The van der Waals surface area contributed by atoms with Gasteiger partial charge in [-0.1, -0.05) is 13.8 Å². The minimum absolute atomic E-state index is 0.158. The van der Waals surface area contributed by atoms with Crippen molar-refractivity contribution in [2.45, 2.75) is 20.0 Å². The van der Waals surface area contributed by atoms with Gasteiger partial charge in [-0.3, -0.25) is 9.59 Å². The Balaban J connectivity index is 1.80. The summed E-state index contributed by atoms with van der Waals surface area (Å²) in [4.78, 5) is 29.6. The van der Waals surface area contributed by atoms with E-state index >= 15 is 0 Å². The van der Waals surface area contributed by atoms with Gasteiger partial charge in [-0.2, -0.15) is 0 Å². The van der Waals surface area contributed by atoms with Gasteiger partial charge >= 0.3 is 0 Å². The maximum atomic E-state index is 14.2. The summed E-state index contributed by atoms with van der Waals surface area (Å²) in [6, 6.07) is 6.05. The standard InChI is InChI=1S/C26H32F2N2O6/c1-16(2)13-30(25(31)17-10-22(33-3)24(35-5)23(11-17)34-4)15-19-14-29(8-9-36-19)26(32)20-7-6-18(27)12-21(20)28/h6-7,10-12,16,19H,8-9,13-15H2,1-5H3. The van der Waals surface area contributed by atoms with Gasteiger partial charge in [0.15, 0.2) is 11.5 Å². The number of halogens is 2. The average molecular weight is 507 g/mol. The van der Waals surface area contributed by atoms with E-state index in [1.54, 1.807) is 17.0 Å². The summed E-state index contributed by atoms with van der Waals surface area (Å²) >= 11 is 0. The molecule has 1 fully saturated rings. The Bertz CT molecular complexity index is 1070. The SMILES string of the molecule is COc1cc(C(=O)N(CC(C)C)CC2CN(C(=O)c3ccc(F)cc3F)CCO2)cc(OC)c1OC. The van der Waals surface area contributed by atoms with Crippen molar-refractivity contribution in [3.63, 3.8) is 0 Å². The smallest absolute Gasteiger partial charge is 0.257 e. The number of hydrogen-bond donors (Lipinski definition) is 0. The van der Waals surface area contributed by atoms with Crippen LogP contribution in [0.15, 0.2) is 30.3 Å². The summed E-state index contributed by atoms with van der Waals surface area (Å²) in [5.41, 5.74) is 0.145. The van der Waals surface area contributed by atoms with Crippen LogP contribution in [0, 0.1) is 17.6 Å². The van der Waals surface area contributed by atoms with Crippen LogP contribution in [-0.2, 0) is 4.74 Å². The molecule has 36 heavy (non-hydrogen) atoms. The second kappa shape index (κ2) is 12.0. The highest BCUT2D eigenvalue weighted by atomic mass is 19.1. The Kier molecular flexibility index (Phi) is 9.08. The molecule has 196 valence electrons. The molecule has 2 amide bonds. The van der Waals surface area contributed by atoms with E-state index in [0.29, 0.717) is 35.4 Å². The van der Waals surface area contributed by atoms with Gasteiger partial charge in [-0.25, -0.2) is 8.78 Å². The second-order valence-corrected chi connectivity index (χ2v) is 8.89. The highest BCUT2D eigenvalue weighted by molar-refractivity contribution is 5.96. The van der Waals surface area contributed by atoms with Crippen molar-refractivity contribution in [3.8, 4) is 17.2 Å². The molecule has 2 aromatic rings. The molecule has 0 spiro atoms. The Morgan fingerprint density at radius 2 is 1.75 bits per heavy atom. The molecule has 0 N–H and O–H groups in total. The molecular formula is C26H32F2N2O6. The van der Waals surface area contributed by atoms with Gasteiger partial charge in [0, 0.05) is 37.8 Å². The van der Waals surface area contributed by atoms with Gasteiger partial charge in [0.05, 0.1) is 39.6 Å². The average Bonchev–Trinajstić information content (AvgIpc) is 2.86. The molecule has 0 saturated carbocycles. The van der Waals surface area contributed by atoms with Crippen LogP contribution < -0.4 is 14.2 Å². The third-order valence-electron chi connectivity index (χ3n) is 5.80. The number of methoxy groups -OCH3 is 3. The lowest BCUT2D eigenvalue weighted by Crippen LogP contribution is -2.51. The molecule has 1 aliphatic heterocycles. The van der Waals surface area contributed by atoms with Gasteiger partial charge in [0.1, 0.15) is 11.6 Å². The van der Waals surface area contributed by atoms with Crippen molar-refractivity contribution < 1.29 is 37.3 Å². The first-order valence-electron chi connectivity index (χ1n) is 11.6. The monoisotopic (exact) mass is 506 g/mol. The second-order valence-electron chi connectivity index (χ2n) is 8.89. The summed E-state index contributed by atoms with van der Waals surface area (Å²) < 4.78 is 49.4. The first kappa shape index (κ1) is 27.2. The third-order valence-corrected chi connectivity index (χ3v) is 5.80. The van der Waals surface area contributed by atoms with Gasteiger partial charge in [-0.15, -0.1) is 0 Å². The summed E-state index contributed by atoms with van der Waals surface area (Å²) in [6.07, 6.45) is -0.490. The molecule has 1 unspecified atom stereocenters. The Morgan fingerprint density at radius 3 is 2.31 bits per heavy atom. The van der Waals surface area contributed by atoms with E-state index in [0.717, 1.165) is 12.1 Å². The quantitative estimate of drug-likeness (QED) is 0.517. The van der Waals surface area contributed by atoms with E-state index in [-0.39, 0.29) is 43.6 Å².